The number of anilines is 1. The Morgan fingerprint density at radius 3 is 2.92 bits per heavy atom. The quantitative estimate of drug-likeness (QED) is 0.791. The molecule has 0 saturated carbocycles. The van der Waals surface area contributed by atoms with E-state index in [2.05, 4.69) is 10.1 Å². The van der Waals surface area contributed by atoms with E-state index in [1.165, 1.54) is 16.8 Å². The molecular formula is C17H14F2N4O2. The molecule has 0 aliphatic carbocycles. The minimum atomic E-state index is -1.12. The number of carbonyl (C=O) groups is 1. The summed E-state index contributed by atoms with van der Waals surface area (Å²) in [6.07, 6.45) is 4.32. The van der Waals surface area contributed by atoms with Gasteiger partial charge in [-0.15, -0.1) is 0 Å². The molecule has 1 N–H and O–H groups in total. The summed E-state index contributed by atoms with van der Waals surface area (Å²) in [5, 5.41) is 13.2. The lowest BCUT2D eigenvalue weighted by atomic mass is 10.0. The summed E-state index contributed by atoms with van der Waals surface area (Å²) < 4.78 is 29.1. The van der Waals surface area contributed by atoms with E-state index < -0.39 is 17.6 Å². The van der Waals surface area contributed by atoms with Gasteiger partial charge in [-0.25, -0.2) is 23.1 Å². The highest BCUT2D eigenvalue weighted by Gasteiger charge is 2.30. The monoisotopic (exact) mass is 344 g/mol. The van der Waals surface area contributed by atoms with E-state index in [-0.39, 0.29) is 22.8 Å². The van der Waals surface area contributed by atoms with Crippen molar-refractivity contribution in [2.24, 2.45) is 0 Å². The van der Waals surface area contributed by atoms with Gasteiger partial charge in [0.05, 0.1) is 12.2 Å². The molecule has 1 saturated heterocycles. The number of hydrogen-bond acceptors (Lipinski definition) is 4. The van der Waals surface area contributed by atoms with Crippen LogP contribution < -0.4 is 4.90 Å². The number of aromatic carboxylic acids is 1. The van der Waals surface area contributed by atoms with Gasteiger partial charge in [0.25, 0.3) is 0 Å². The van der Waals surface area contributed by atoms with Crippen LogP contribution in [0.1, 0.15) is 34.8 Å². The van der Waals surface area contributed by atoms with Crippen LogP contribution in [0, 0.1) is 11.6 Å². The molecule has 3 heterocycles. The first-order chi connectivity index (χ1) is 12.0. The van der Waals surface area contributed by atoms with Gasteiger partial charge >= 0.3 is 5.97 Å². The van der Waals surface area contributed by atoms with Crippen LogP contribution >= 0.6 is 0 Å². The lowest BCUT2D eigenvalue weighted by molar-refractivity contribution is 0.0698. The second kappa shape index (κ2) is 5.80. The van der Waals surface area contributed by atoms with Crippen LogP contribution in [0.4, 0.5) is 14.6 Å². The minimum absolute atomic E-state index is 0.00506. The number of halogens is 2. The summed E-state index contributed by atoms with van der Waals surface area (Å²) in [6.45, 7) is 0.625. The van der Waals surface area contributed by atoms with Gasteiger partial charge in [-0.3, -0.25) is 0 Å². The number of hydrogen-bond donors (Lipinski definition) is 1. The smallest absolute Gasteiger partial charge is 0.341 e. The molecule has 0 bridgehead atoms. The molecule has 0 unspecified atom stereocenters. The van der Waals surface area contributed by atoms with Crippen molar-refractivity contribution in [3.63, 3.8) is 0 Å². The first kappa shape index (κ1) is 15.5. The van der Waals surface area contributed by atoms with Crippen LogP contribution in [0.2, 0.25) is 0 Å². The average Bonchev–Trinajstić information content (AvgIpc) is 3.22. The molecule has 1 atom stereocenters. The number of rotatable bonds is 3. The van der Waals surface area contributed by atoms with Crippen molar-refractivity contribution in [2.45, 2.75) is 18.9 Å². The summed E-state index contributed by atoms with van der Waals surface area (Å²) in [5.74, 6) is -1.55. The Morgan fingerprint density at radius 2 is 2.12 bits per heavy atom. The third-order valence-corrected chi connectivity index (χ3v) is 4.45. The first-order valence-corrected chi connectivity index (χ1v) is 7.84. The maximum absolute atomic E-state index is 14.2. The molecule has 1 fully saturated rings. The third kappa shape index (κ3) is 2.59. The number of nitrogens with zero attached hydrogens (tertiary/aromatic N) is 4. The lowest BCUT2D eigenvalue weighted by Crippen LogP contribution is -2.24. The molecule has 2 aromatic heterocycles. The maximum atomic E-state index is 14.2. The molecule has 1 aliphatic rings. The van der Waals surface area contributed by atoms with Crippen molar-refractivity contribution in [1.29, 1.82) is 0 Å². The van der Waals surface area contributed by atoms with Crippen LogP contribution in [0.15, 0.2) is 36.7 Å². The standard InChI is InChI=1S/C17H14F2N4O2/c18-10-3-4-13(19)11(8-10)14-2-1-6-22(14)15-5-7-23-16(21-15)12(9-20-23)17(24)25/h3-5,7-9,14H,1-2,6H2,(H,24,25)/t14-/m0/s1. The van der Waals surface area contributed by atoms with E-state index >= 15 is 0 Å². The Labute approximate surface area is 141 Å². The van der Waals surface area contributed by atoms with Gasteiger partial charge in [0.2, 0.25) is 0 Å². The predicted octanol–water partition coefficient (Wildman–Crippen LogP) is 3.05. The van der Waals surface area contributed by atoms with Crippen LogP contribution in [0.25, 0.3) is 5.65 Å². The summed E-state index contributed by atoms with van der Waals surface area (Å²) >= 11 is 0. The Hall–Kier alpha value is -3.03. The molecule has 6 nitrogen and oxygen atoms in total. The molecule has 25 heavy (non-hydrogen) atoms. The predicted molar refractivity (Wildman–Crippen MR) is 85.6 cm³/mol. The van der Waals surface area contributed by atoms with Crippen molar-refractivity contribution >= 4 is 17.4 Å². The van der Waals surface area contributed by atoms with E-state index in [1.807, 2.05) is 4.90 Å². The number of benzene rings is 1. The zero-order valence-electron chi connectivity index (χ0n) is 13.1. The molecule has 1 aliphatic heterocycles. The zero-order valence-corrected chi connectivity index (χ0v) is 13.1. The minimum Gasteiger partial charge on any atom is -0.477 e. The molecular weight excluding hydrogens is 330 g/mol. The van der Waals surface area contributed by atoms with Crippen LogP contribution in [-0.4, -0.2) is 32.2 Å². The lowest BCUT2D eigenvalue weighted by Gasteiger charge is -2.26. The highest BCUT2D eigenvalue weighted by Crippen LogP contribution is 2.36. The molecule has 0 spiro atoms. The summed E-state index contributed by atoms with van der Waals surface area (Å²) in [6, 6.07) is 4.77. The van der Waals surface area contributed by atoms with Crippen molar-refractivity contribution in [2.75, 3.05) is 11.4 Å². The van der Waals surface area contributed by atoms with E-state index in [0.29, 0.717) is 18.8 Å². The topological polar surface area (TPSA) is 70.7 Å². The van der Waals surface area contributed by atoms with Crippen molar-refractivity contribution in [1.82, 2.24) is 14.6 Å². The molecule has 0 amide bonds. The number of carboxylic acid groups (broad SMARTS) is 1. The van der Waals surface area contributed by atoms with Gasteiger partial charge in [0, 0.05) is 18.3 Å². The van der Waals surface area contributed by atoms with Gasteiger partial charge in [-0.05, 0) is 37.1 Å². The molecule has 1 aromatic carbocycles. The SMILES string of the molecule is O=C(O)c1cnn2ccc(N3CCC[C@H]3c3cc(F)ccc3F)nc12. The molecule has 4 rings (SSSR count). The van der Waals surface area contributed by atoms with Crippen LogP contribution in [0.3, 0.4) is 0 Å². The fourth-order valence-corrected chi connectivity index (χ4v) is 3.30. The van der Waals surface area contributed by atoms with Gasteiger partial charge in [-0.2, -0.15) is 5.10 Å². The fourth-order valence-electron chi connectivity index (χ4n) is 3.30. The Bertz CT molecular complexity index is 972. The Kier molecular flexibility index (Phi) is 3.60. The van der Waals surface area contributed by atoms with Gasteiger partial charge < -0.3 is 10.0 Å². The van der Waals surface area contributed by atoms with E-state index in [9.17, 15) is 18.7 Å². The summed E-state index contributed by atoms with van der Waals surface area (Å²) in [7, 11) is 0. The van der Waals surface area contributed by atoms with Crippen LogP contribution in [0.5, 0.6) is 0 Å². The van der Waals surface area contributed by atoms with Crippen molar-refractivity contribution in [3.8, 4) is 0 Å². The van der Waals surface area contributed by atoms with E-state index in [0.717, 1.165) is 18.6 Å². The van der Waals surface area contributed by atoms with E-state index in [1.54, 1.807) is 12.3 Å². The summed E-state index contributed by atoms with van der Waals surface area (Å²) in [4.78, 5) is 17.5. The normalized spacial score (nSPS) is 17.4. The van der Waals surface area contributed by atoms with Crippen molar-refractivity contribution in [3.05, 3.63) is 59.4 Å². The largest absolute Gasteiger partial charge is 0.477 e. The Balaban J connectivity index is 1.77. The number of aromatic nitrogens is 3. The second-order valence-electron chi connectivity index (χ2n) is 5.93. The maximum Gasteiger partial charge on any atom is 0.341 e. The zero-order chi connectivity index (χ0) is 17.6. The fraction of sp³-hybridized carbons (Fsp3) is 0.235. The number of carboxylic acids is 1. The third-order valence-electron chi connectivity index (χ3n) is 4.45. The molecule has 8 heteroatoms. The highest BCUT2D eigenvalue weighted by atomic mass is 19.1. The van der Waals surface area contributed by atoms with Gasteiger partial charge in [-0.1, -0.05) is 0 Å². The van der Waals surface area contributed by atoms with Crippen molar-refractivity contribution < 1.29 is 18.7 Å². The van der Waals surface area contributed by atoms with Gasteiger partial charge in [0.1, 0.15) is 23.0 Å². The van der Waals surface area contributed by atoms with E-state index in [4.69, 9.17) is 0 Å². The molecule has 0 radical (unpaired) electrons. The average molecular weight is 344 g/mol. The van der Waals surface area contributed by atoms with Gasteiger partial charge in [0.15, 0.2) is 5.65 Å². The Morgan fingerprint density at radius 1 is 1.28 bits per heavy atom. The van der Waals surface area contributed by atoms with Crippen LogP contribution in [-0.2, 0) is 0 Å². The second-order valence-corrected chi connectivity index (χ2v) is 5.93. The molecule has 3 aromatic rings. The summed E-state index contributed by atoms with van der Waals surface area (Å²) in [5.41, 5.74) is 0.496. The molecule has 128 valence electrons. The first-order valence-electron chi connectivity index (χ1n) is 7.84. The highest BCUT2D eigenvalue weighted by molar-refractivity contribution is 5.94. The number of fused-ring (bicyclic) bond motifs is 1.